The first kappa shape index (κ1) is 14.5. The minimum atomic E-state index is -0.0350. The molecule has 0 bridgehead atoms. The third kappa shape index (κ3) is 2.67. The summed E-state index contributed by atoms with van der Waals surface area (Å²) >= 11 is 0. The minimum Gasteiger partial charge on any atom is -0.507 e. The topological polar surface area (TPSA) is 49.7 Å². The van der Waals surface area contributed by atoms with Gasteiger partial charge in [0.05, 0.1) is 7.11 Å². The number of phenols is 2. The van der Waals surface area contributed by atoms with Crippen molar-refractivity contribution in [3.63, 3.8) is 0 Å². The van der Waals surface area contributed by atoms with Crippen LogP contribution in [-0.4, -0.2) is 17.3 Å². The smallest absolute Gasteiger partial charge is 0.126 e. The quantitative estimate of drug-likeness (QED) is 0.815. The standard InChI is InChI=1S/C17H22O3/c1-10(2)13-6-5-11(3)7-14(13)17-15(18)8-12(20-4)9-16(17)19/h7-9,13-14,18-19H,1,5-6H2,2-4H3. The summed E-state index contributed by atoms with van der Waals surface area (Å²) in [6, 6.07) is 3.09. The van der Waals surface area contributed by atoms with Crippen molar-refractivity contribution in [1.29, 1.82) is 0 Å². The zero-order valence-corrected chi connectivity index (χ0v) is 12.3. The molecular formula is C17H22O3. The van der Waals surface area contributed by atoms with Crippen molar-refractivity contribution < 1.29 is 14.9 Å². The van der Waals surface area contributed by atoms with Crippen LogP contribution in [-0.2, 0) is 0 Å². The van der Waals surface area contributed by atoms with Crippen LogP contribution in [0.25, 0.3) is 0 Å². The molecule has 3 heteroatoms. The average molecular weight is 274 g/mol. The molecule has 20 heavy (non-hydrogen) atoms. The summed E-state index contributed by atoms with van der Waals surface area (Å²) in [7, 11) is 1.51. The highest BCUT2D eigenvalue weighted by Crippen LogP contribution is 2.47. The van der Waals surface area contributed by atoms with E-state index in [9.17, 15) is 10.2 Å². The summed E-state index contributed by atoms with van der Waals surface area (Å²) in [5.74, 6) is 0.802. The number of phenolic OH excluding ortho intramolecular Hbond substituents is 2. The lowest BCUT2D eigenvalue weighted by Crippen LogP contribution is -2.17. The van der Waals surface area contributed by atoms with Crippen LogP contribution in [0.4, 0.5) is 0 Å². The number of ether oxygens (including phenoxy) is 1. The number of methoxy groups -OCH3 is 1. The number of benzene rings is 1. The molecule has 1 aromatic carbocycles. The van der Waals surface area contributed by atoms with Gasteiger partial charge in [0.15, 0.2) is 0 Å². The predicted octanol–water partition coefficient (Wildman–Crippen LogP) is 4.12. The molecule has 0 radical (unpaired) electrons. The van der Waals surface area contributed by atoms with Crippen molar-refractivity contribution in [3.05, 3.63) is 41.5 Å². The van der Waals surface area contributed by atoms with E-state index < -0.39 is 0 Å². The zero-order valence-electron chi connectivity index (χ0n) is 12.3. The number of aromatic hydroxyl groups is 2. The van der Waals surface area contributed by atoms with Crippen molar-refractivity contribution >= 4 is 0 Å². The maximum absolute atomic E-state index is 10.2. The van der Waals surface area contributed by atoms with Crippen molar-refractivity contribution in [2.24, 2.45) is 5.92 Å². The first-order chi connectivity index (χ1) is 9.43. The van der Waals surface area contributed by atoms with Crippen molar-refractivity contribution in [2.45, 2.75) is 32.6 Å². The Balaban J connectivity index is 2.52. The summed E-state index contributed by atoms with van der Waals surface area (Å²) < 4.78 is 5.06. The second-order valence-corrected chi connectivity index (χ2v) is 5.61. The van der Waals surface area contributed by atoms with Gasteiger partial charge in [-0.3, -0.25) is 0 Å². The van der Waals surface area contributed by atoms with E-state index in [0.29, 0.717) is 11.3 Å². The Morgan fingerprint density at radius 1 is 1.30 bits per heavy atom. The third-order valence-corrected chi connectivity index (χ3v) is 4.06. The van der Waals surface area contributed by atoms with E-state index in [2.05, 4.69) is 19.6 Å². The van der Waals surface area contributed by atoms with Crippen LogP contribution in [0, 0.1) is 5.92 Å². The fourth-order valence-electron chi connectivity index (χ4n) is 2.96. The van der Waals surface area contributed by atoms with Gasteiger partial charge in [-0.15, -0.1) is 0 Å². The molecule has 1 aliphatic rings. The second kappa shape index (κ2) is 5.61. The molecule has 0 amide bonds. The molecule has 0 saturated heterocycles. The van der Waals surface area contributed by atoms with Crippen LogP contribution < -0.4 is 4.74 Å². The van der Waals surface area contributed by atoms with Crippen LogP contribution >= 0.6 is 0 Å². The molecule has 2 atom stereocenters. The number of rotatable bonds is 3. The Kier molecular flexibility index (Phi) is 4.07. The maximum Gasteiger partial charge on any atom is 0.126 e. The van der Waals surface area contributed by atoms with E-state index in [-0.39, 0.29) is 23.3 Å². The minimum absolute atomic E-state index is 0.0350. The Hall–Kier alpha value is -1.90. The molecule has 0 heterocycles. The van der Waals surface area contributed by atoms with Crippen LogP contribution in [0.5, 0.6) is 17.2 Å². The molecule has 1 aromatic rings. The second-order valence-electron chi connectivity index (χ2n) is 5.61. The Labute approximate surface area is 120 Å². The van der Waals surface area contributed by atoms with Crippen molar-refractivity contribution in [1.82, 2.24) is 0 Å². The lowest BCUT2D eigenvalue weighted by atomic mass is 9.74. The molecule has 2 N–H and O–H groups in total. The first-order valence-electron chi connectivity index (χ1n) is 6.86. The van der Waals surface area contributed by atoms with Gasteiger partial charge >= 0.3 is 0 Å². The van der Waals surface area contributed by atoms with E-state index in [1.54, 1.807) is 12.1 Å². The number of hydrogen-bond donors (Lipinski definition) is 2. The van der Waals surface area contributed by atoms with Crippen LogP contribution in [0.15, 0.2) is 35.9 Å². The summed E-state index contributed by atoms with van der Waals surface area (Å²) in [4.78, 5) is 0. The molecule has 3 nitrogen and oxygen atoms in total. The molecule has 1 aliphatic carbocycles. The monoisotopic (exact) mass is 274 g/mol. The van der Waals surface area contributed by atoms with Gasteiger partial charge in [0.25, 0.3) is 0 Å². The SMILES string of the molecule is C=C(C)C1CCC(C)=CC1c1c(O)cc(OC)cc1O. The molecule has 0 aromatic heterocycles. The molecule has 108 valence electrons. The fraction of sp³-hybridized carbons (Fsp3) is 0.412. The van der Waals surface area contributed by atoms with E-state index >= 15 is 0 Å². The fourth-order valence-corrected chi connectivity index (χ4v) is 2.96. The predicted molar refractivity (Wildman–Crippen MR) is 80.4 cm³/mol. The summed E-state index contributed by atoms with van der Waals surface area (Å²) in [6.45, 7) is 8.14. The van der Waals surface area contributed by atoms with Crippen LogP contribution in [0.1, 0.15) is 38.2 Å². The summed E-state index contributed by atoms with van der Waals surface area (Å²) in [5, 5.41) is 20.5. The van der Waals surface area contributed by atoms with Gasteiger partial charge in [-0.2, -0.15) is 0 Å². The Morgan fingerprint density at radius 2 is 1.90 bits per heavy atom. The Morgan fingerprint density at radius 3 is 2.40 bits per heavy atom. The molecule has 2 unspecified atom stereocenters. The van der Waals surface area contributed by atoms with Gasteiger partial charge in [0.2, 0.25) is 0 Å². The molecule has 0 aliphatic heterocycles. The molecule has 0 fully saturated rings. The first-order valence-corrected chi connectivity index (χ1v) is 6.86. The lowest BCUT2D eigenvalue weighted by Gasteiger charge is -2.31. The number of allylic oxidation sites excluding steroid dienone is 3. The highest BCUT2D eigenvalue weighted by molar-refractivity contribution is 5.53. The lowest BCUT2D eigenvalue weighted by molar-refractivity contribution is 0.383. The van der Waals surface area contributed by atoms with Crippen molar-refractivity contribution in [2.75, 3.05) is 7.11 Å². The highest BCUT2D eigenvalue weighted by Gasteiger charge is 2.30. The van der Waals surface area contributed by atoms with E-state index in [4.69, 9.17) is 4.74 Å². The largest absolute Gasteiger partial charge is 0.507 e. The summed E-state index contributed by atoms with van der Waals surface area (Å²) in [6.07, 6.45) is 4.16. The molecule has 0 saturated carbocycles. The van der Waals surface area contributed by atoms with Gasteiger partial charge in [0, 0.05) is 23.6 Å². The normalized spacial score (nSPS) is 22.2. The van der Waals surface area contributed by atoms with E-state index in [1.165, 1.54) is 12.7 Å². The van der Waals surface area contributed by atoms with Gasteiger partial charge < -0.3 is 14.9 Å². The van der Waals surface area contributed by atoms with Crippen LogP contribution in [0.2, 0.25) is 0 Å². The summed E-state index contributed by atoms with van der Waals surface area (Å²) in [5.41, 5.74) is 2.92. The van der Waals surface area contributed by atoms with Crippen molar-refractivity contribution in [3.8, 4) is 17.2 Å². The van der Waals surface area contributed by atoms with E-state index in [1.807, 2.05) is 6.92 Å². The maximum atomic E-state index is 10.2. The van der Waals surface area contributed by atoms with E-state index in [0.717, 1.165) is 18.4 Å². The van der Waals surface area contributed by atoms with Gasteiger partial charge in [0.1, 0.15) is 17.2 Å². The highest BCUT2D eigenvalue weighted by atomic mass is 16.5. The number of hydrogen-bond acceptors (Lipinski definition) is 3. The van der Waals surface area contributed by atoms with Gasteiger partial charge in [-0.25, -0.2) is 0 Å². The average Bonchev–Trinajstić information content (AvgIpc) is 2.37. The molecule has 2 rings (SSSR count). The Bertz CT molecular complexity index is 534. The zero-order chi connectivity index (χ0) is 14.9. The molecule has 0 spiro atoms. The van der Waals surface area contributed by atoms with Crippen LogP contribution in [0.3, 0.4) is 0 Å². The third-order valence-electron chi connectivity index (χ3n) is 4.06. The molecular weight excluding hydrogens is 252 g/mol. The van der Waals surface area contributed by atoms with Gasteiger partial charge in [-0.1, -0.05) is 23.8 Å². The van der Waals surface area contributed by atoms with Gasteiger partial charge in [-0.05, 0) is 32.6 Å².